The number of hydrogen-bond acceptors (Lipinski definition) is 4. The number of nitrogens with one attached hydrogen (secondary N) is 1. The molecule has 1 aliphatic heterocycles. The molecule has 0 spiro atoms. The van der Waals surface area contributed by atoms with Gasteiger partial charge in [-0.15, -0.1) is 0 Å². The molecule has 1 saturated heterocycles. The molecule has 3 aliphatic rings. The zero-order valence-electron chi connectivity index (χ0n) is 14.6. The summed E-state index contributed by atoms with van der Waals surface area (Å²) >= 11 is 0. The third-order valence-electron chi connectivity index (χ3n) is 6.16. The maximum atomic E-state index is 12.5. The van der Waals surface area contributed by atoms with Crippen LogP contribution in [-0.4, -0.2) is 37.3 Å². The van der Waals surface area contributed by atoms with Gasteiger partial charge in [0, 0.05) is 25.8 Å². The molecule has 0 bridgehead atoms. The third kappa shape index (κ3) is 2.63. The first-order valence-corrected chi connectivity index (χ1v) is 10.9. The highest BCUT2D eigenvalue weighted by molar-refractivity contribution is 7.89. The van der Waals surface area contributed by atoms with Gasteiger partial charge in [0.1, 0.15) is 10.7 Å². The highest BCUT2D eigenvalue weighted by atomic mass is 32.2. The van der Waals surface area contributed by atoms with Crippen molar-refractivity contribution >= 4 is 15.8 Å². The van der Waals surface area contributed by atoms with Crippen molar-refractivity contribution < 1.29 is 8.42 Å². The van der Waals surface area contributed by atoms with Crippen LogP contribution in [-0.2, 0) is 16.4 Å². The van der Waals surface area contributed by atoms with Crippen LogP contribution in [0.1, 0.15) is 29.9 Å². The minimum Gasteiger partial charge on any atom is -0.370 e. The summed E-state index contributed by atoms with van der Waals surface area (Å²) in [5.74, 6) is 2.87. The zero-order valence-corrected chi connectivity index (χ0v) is 15.5. The van der Waals surface area contributed by atoms with Crippen LogP contribution in [0, 0.1) is 11.8 Å². The topological polar surface area (TPSA) is 62.3 Å². The van der Waals surface area contributed by atoms with Gasteiger partial charge in [-0.3, -0.25) is 0 Å². The van der Waals surface area contributed by atoms with E-state index in [0.717, 1.165) is 31.1 Å². The Morgan fingerprint density at radius 1 is 1.12 bits per heavy atom. The van der Waals surface area contributed by atoms with E-state index in [4.69, 9.17) is 0 Å². The van der Waals surface area contributed by atoms with Gasteiger partial charge in [-0.05, 0) is 60.3 Å². The molecule has 1 saturated carbocycles. The number of pyridine rings is 1. The second kappa shape index (κ2) is 6.06. The van der Waals surface area contributed by atoms with Crippen LogP contribution in [0.3, 0.4) is 0 Å². The van der Waals surface area contributed by atoms with Crippen LogP contribution in [0.4, 0.5) is 5.82 Å². The highest BCUT2D eigenvalue weighted by Gasteiger charge is 2.54. The molecule has 1 aromatic heterocycles. The van der Waals surface area contributed by atoms with Gasteiger partial charge in [0.15, 0.2) is 0 Å². The Balaban J connectivity index is 1.22. The maximum Gasteiger partial charge on any atom is 0.244 e. The molecule has 1 N–H and O–H groups in total. The SMILES string of the molecule is O=S(=O)(c1ccc(NCC2C3Cc4ccccc4C23)nc1)N1CCCC1. The van der Waals surface area contributed by atoms with Crippen LogP contribution >= 0.6 is 0 Å². The zero-order chi connectivity index (χ0) is 17.7. The monoisotopic (exact) mass is 369 g/mol. The minimum atomic E-state index is -3.38. The predicted octanol–water partition coefficient (Wildman–Crippen LogP) is 2.86. The van der Waals surface area contributed by atoms with Crippen LogP contribution < -0.4 is 5.32 Å². The largest absolute Gasteiger partial charge is 0.370 e. The van der Waals surface area contributed by atoms with E-state index in [1.54, 1.807) is 16.4 Å². The van der Waals surface area contributed by atoms with E-state index >= 15 is 0 Å². The summed E-state index contributed by atoms with van der Waals surface area (Å²) < 4.78 is 26.6. The van der Waals surface area contributed by atoms with Gasteiger partial charge in [-0.25, -0.2) is 13.4 Å². The van der Waals surface area contributed by atoms with Crippen molar-refractivity contribution in [2.75, 3.05) is 25.0 Å². The summed E-state index contributed by atoms with van der Waals surface area (Å²) in [6.07, 6.45) is 4.56. The second-order valence-corrected chi connectivity index (χ2v) is 9.57. The summed E-state index contributed by atoms with van der Waals surface area (Å²) in [6, 6.07) is 12.2. The summed E-state index contributed by atoms with van der Waals surface area (Å²) in [6.45, 7) is 2.14. The molecule has 2 heterocycles. The van der Waals surface area contributed by atoms with E-state index in [1.807, 2.05) is 0 Å². The Kier molecular flexibility index (Phi) is 3.79. The van der Waals surface area contributed by atoms with Crippen molar-refractivity contribution in [1.82, 2.24) is 9.29 Å². The van der Waals surface area contributed by atoms with Gasteiger partial charge in [-0.2, -0.15) is 4.31 Å². The molecular weight excluding hydrogens is 346 g/mol. The van der Waals surface area contributed by atoms with E-state index in [1.165, 1.54) is 23.7 Å². The summed E-state index contributed by atoms with van der Waals surface area (Å²) in [5.41, 5.74) is 3.03. The molecule has 136 valence electrons. The number of rotatable bonds is 5. The smallest absolute Gasteiger partial charge is 0.244 e. The quantitative estimate of drug-likeness (QED) is 0.880. The Hall–Kier alpha value is -1.92. The molecule has 5 nitrogen and oxygen atoms in total. The number of fused-ring (bicyclic) bond motifs is 3. The Morgan fingerprint density at radius 3 is 2.69 bits per heavy atom. The lowest BCUT2D eigenvalue weighted by atomic mass is 10.0. The van der Waals surface area contributed by atoms with Crippen LogP contribution in [0.2, 0.25) is 0 Å². The van der Waals surface area contributed by atoms with E-state index in [-0.39, 0.29) is 0 Å². The van der Waals surface area contributed by atoms with Crippen molar-refractivity contribution in [2.24, 2.45) is 11.8 Å². The normalized spacial score (nSPS) is 27.2. The third-order valence-corrected chi connectivity index (χ3v) is 8.04. The molecule has 1 aromatic carbocycles. The fraction of sp³-hybridized carbons (Fsp3) is 0.450. The molecule has 0 radical (unpaired) electrons. The maximum absolute atomic E-state index is 12.5. The Labute approximate surface area is 154 Å². The van der Waals surface area contributed by atoms with Gasteiger partial charge in [0.05, 0.1) is 0 Å². The first-order valence-electron chi connectivity index (χ1n) is 9.42. The second-order valence-electron chi connectivity index (χ2n) is 7.63. The van der Waals surface area contributed by atoms with Crippen LogP contribution in [0.25, 0.3) is 0 Å². The number of benzene rings is 1. The van der Waals surface area contributed by atoms with Crippen molar-refractivity contribution in [2.45, 2.75) is 30.1 Å². The molecule has 2 aromatic rings. The molecular formula is C20H23N3O2S. The lowest BCUT2D eigenvalue weighted by Crippen LogP contribution is -2.27. The lowest BCUT2D eigenvalue weighted by Gasteiger charge is -2.15. The standard InChI is InChI=1S/C20H23N3O2S/c24-26(25,23-9-3-4-10-23)15-7-8-19(21-12-15)22-13-18-17-11-14-5-1-2-6-16(14)20(17)18/h1-2,5-8,12,17-18,20H,3-4,9-11,13H2,(H,21,22). The Morgan fingerprint density at radius 2 is 1.92 bits per heavy atom. The Bertz CT molecular complexity index is 920. The number of aromatic nitrogens is 1. The number of hydrogen-bond donors (Lipinski definition) is 1. The molecule has 2 aliphatic carbocycles. The van der Waals surface area contributed by atoms with Crippen molar-refractivity contribution in [1.29, 1.82) is 0 Å². The summed E-state index contributed by atoms with van der Waals surface area (Å²) in [7, 11) is -3.38. The molecule has 3 unspecified atom stereocenters. The lowest BCUT2D eigenvalue weighted by molar-refractivity contribution is 0.477. The van der Waals surface area contributed by atoms with Gasteiger partial charge in [0.2, 0.25) is 10.0 Å². The number of anilines is 1. The molecule has 5 rings (SSSR count). The first kappa shape index (κ1) is 16.3. The minimum absolute atomic E-state index is 0.294. The van der Waals surface area contributed by atoms with Crippen molar-refractivity contribution in [3.05, 3.63) is 53.7 Å². The average Bonchev–Trinajstić information content (AvgIpc) is 3.06. The summed E-state index contributed by atoms with van der Waals surface area (Å²) in [4.78, 5) is 4.63. The number of sulfonamides is 1. The van der Waals surface area contributed by atoms with Crippen LogP contribution in [0.5, 0.6) is 0 Å². The van der Waals surface area contributed by atoms with Gasteiger partial charge in [0.25, 0.3) is 0 Å². The fourth-order valence-electron chi connectivity index (χ4n) is 4.70. The fourth-order valence-corrected chi connectivity index (χ4v) is 6.16. The van der Waals surface area contributed by atoms with E-state index in [0.29, 0.717) is 29.8 Å². The van der Waals surface area contributed by atoms with E-state index in [9.17, 15) is 8.42 Å². The van der Waals surface area contributed by atoms with Gasteiger partial charge >= 0.3 is 0 Å². The van der Waals surface area contributed by atoms with Crippen molar-refractivity contribution in [3.63, 3.8) is 0 Å². The highest BCUT2D eigenvalue weighted by Crippen LogP contribution is 2.61. The molecule has 3 atom stereocenters. The molecule has 2 fully saturated rings. The van der Waals surface area contributed by atoms with Gasteiger partial charge < -0.3 is 5.32 Å². The van der Waals surface area contributed by atoms with Crippen molar-refractivity contribution in [3.8, 4) is 0 Å². The number of nitrogens with zero attached hydrogens (tertiary/aromatic N) is 2. The first-order chi connectivity index (χ1) is 12.6. The molecule has 0 amide bonds. The predicted molar refractivity (Wildman–Crippen MR) is 101 cm³/mol. The van der Waals surface area contributed by atoms with Crippen LogP contribution in [0.15, 0.2) is 47.5 Å². The van der Waals surface area contributed by atoms with Gasteiger partial charge in [-0.1, -0.05) is 24.3 Å². The summed E-state index contributed by atoms with van der Waals surface area (Å²) in [5, 5.41) is 3.39. The molecule has 6 heteroatoms. The van der Waals surface area contributed by atoms with E-state index < -0.39 is 10.0 Å². The molecule has 26 heavy (non-hydrogen) atoms. The van der Waals surface area contributed by atoms with E-state index in [2.05, 4.69) is 34.6 Å². The average molecular weight is 369 g/mol.